The van der Waals surface area contributed by atoms with Gasteiger partial charge in [0.05, 0.1) is 23.7 Å². The maximum atomic E-state index is 13.0. The molecule has 1 aliphatic heterocycles. The van der Waals surface area contributed by atoms with Gasteiger partial charge in [-0.1, -0.05) is 30.3 Å². The molecule has 148 valence electrons. The minimum Gasteiger partial charge on any atom is -0.444 e. The topological polar surface area (TPSA) is 90.0 Å². The van der Waals surface area contributed by atoms with Crippen LogP contribution in [0.4, 0.5) is 0 Å². The Kier molecular flexibility index (Phi) is 6.11. The molecule has 0 unspecified atom stereocenters. The lowest BCUT2D eigenvalue weighted by Crippen LogP contribution is -2.44. The fraction of sp³-hybridized carbons (Fsp3) is 0.300. The average Bonchev–Trinajstić information content (AvgIpc) is 2.72. The molecule has 0 aromatic heterocycles. The lowest BCUT2D eigenvalue weighted by Gasteiger charge is -2.30. The van der Waals surface area contributed by atoms with Gasteiger partial charge in [-0.15, -0.1) is 0 Å². The third-order valence-electron chi connectivity index (χ3n) is 4.39. The van der Waals surface area contributed by atoms with E-state index in [0.29, 0.717) is 31.9 Å². The second-order valence-electron chi connectivity index (χ2n) is 6.43. The Balaban J connectivity index is 1.82. The van der Waals surface area contributed by atoms with Gasteiger partial charge in [-0.3, -0.25) is 4.79 Å². The number of amides is 1. The number of hydrogen-bond donors (Lipinski definition) is 0. The number of hydrogen-bond acceptors (Lipinski definition) is 6. The van der Waals surface area contributed by atoms with E-state index in [1.165, 1.54) is 24.3 Å². The van der Waals surface area contributed by atoms with Gasteiger partial charge in [0, 0.05) is 24.9 Å². The van der Waals surface area contributed by atoms with Gasteiger partial charge < -0.3 is 14.4 Å². The summed E-state index contributed by atoms with van der Waals surface area (Å²) in [4.78, 5) is 27.3. The van der Waals surface area contributed by atoms with Crippen LogP contribution in [-0.4, -0.2) is 57.8 Å². The largest absolute Gasteiger partial charge is 0.444 e. The van der Waals surface area contributed by atoms with E-state index in [2.05, 4.69) is 0 Å². The lowest BCUT2D eigenvalue weighted by atomic mass is 10.1. The molecule has 1 amide bonds. The molecule has 0 saturated carbocycles. The van der Waals surface area contributed by atoms with Crippen LogP contribution in [-0.2, 0) is 24.1 Å². The summed E-state index contributed by atoms with van der Waals surface area (Å²) in [6, 6.07) is 14.2. The normalized spacial score (nSPS) is 15.7. The van der Waals surface area contributed by atoms with Gasteiger partial charge in [0.2, 0.25) is 6.10 Å². The molecule has 2 aromatic carbocycles. The van der Waals surface area contributed by atoms with E-state index in [4.69, 9.17) is 9.47 Å². The molecule has 0 radical (unpaired) electrons. The van der Waals surface area contributed by atoms with Crippen LogP contribution in [0.25, 0.3) is 0 Å². The molecule has 3 rings (SSSR count). The summed E-state index contributed by atoms with van der Waals surface area (Å²) < 4.78 is 33.9. The average molecular weight is 403 g/mol. The van der Waals surface area contributed by atoms with Crippen molar-refractivity contribution in [1.82, 2.24) is 4.90 Å². The number of sulfone groups is 1. The molecule has 7 nitrogen and oxygen atoms in total. The Morgan fingerprint density at radius 2 is 1.61 bits per heavy atom. The van der Waals surface area contributed by atoms with Crippen LogP contribution in [0.15, 0.2) is 59.5 Å². The summed E-state index contributed by atoms with van der Waals surface area (Å²) in [6.45, 7) is 1.74. The smallest absolute Gasteiger partial charge is 0.339 e. The molecule has 28 heavy (non-hydrogen) atoms. The SMILES string of the molecule is CS(=O)(=O)c1ccc(C(=O)O[C@@H](C(=O)N2CCOCC2)c2ccccc2)cc1. The monoisotopic (exact) mass is 403 g/mol. The van der Waals surface area contributed by atoms with E-state index in [-0.39, 0.29) is 16.4 Å². The zero-order chi connectivity index (χ0) is 20.1. The summed E-state index contributed by atoms with van der Waals surface area (Å²) in [6.07, 6.45) is 0.00799. The first-order chi connectivity index (χ1) is 13.4. The Morgan fingerprint density at radius 1 is 1.00 bits per heavy atom. The van der Waals surface area contributed by atoms with E-state index in [1.54, 1.807) is 29.2 Å². The number of esters is 1. The third kappa shape index (κ3) is 4.76. The fourth-order valence-corrected chi connectivity index (χ4v) is 3.48. The van der Waals surface area contributed by atoms with Crippen molar-refractivity contribution in [2.75, 3.05) is 32.6 Å². The molecule has 8 heteroatoms. The minimum absolute atomic E-state index is 0.105. The summed E-state index contributed by atoms with van der Waals surface area (Å²) in [5.74, 6) is -1.01. The van der Waals surface area contributed by atoms with Crippen molar-refractivity contribution in [3.05, 3.63) is 65.7 Å². The Hall–Kier alpha value is -2.71. The van der Waals surface area contributed by atoms with Crippen molar-refractivity contribution in [1.29, 1.82) is 0 Å². The molecule has 0 N–H and O–H groups in total. The van der Waals surface area contributed by atoms with E-state index in [9.17, 15) is 18.0 Å². The molecule has 0 spiro atoms. The van der Waals surface area contributed by atoms with Crippen LogP contribution in [0.3, 0.4) is 0 Å². The van der Waals surface area contributed by atoms with E-state index in [1.807, 2.05) is 6.07 Å². The Morgan fingerprint density at radius 3 is 2.18 bits per heavy atom. The van der Waals surface area contributed by atoms with Crippen LogP contribution in [0.5, 0.6) is 0 Å². The molecular weight excluding hydrogens is 382 g/mol. The number of carbonyl (C=O) groups excluding carboxylic acids is 2. The second-order valence-corrected chi connectivity index (χ2v) is 8.45. The molecule has 0 bridgehead atoms. The van der Waals surface area contributed by atoms with Gasteiger partial charge in [-0.25, -0.2) is 13.2 Å². The van der Waals surface area contributed by atoms with Gasteiger partial charge >= 0.3 is 5.97 Å². The van der Waals surface area contributed by atoms with Crippen molar-refractivity contribution >= 4 is 21.7 Å². The van der Waals surface area contributed by atoms with Crippen LogP contribution in [0, 0.1) is 0 Å². The minimum atomic E-state index is -3.36. The predicted molar refractivity (Wildman–Crippen MR) is 102 cm³/mol. The number of carbonyl (C=O) groups is 2. The fourth-order valence-electron chi connectivity index (χ4n) is 2.85. The van der Waals surface area contributed by atoms with Crippen molar-refractivity contribution in [3.63, 3.8) is 0 Å². The van der Waals surface area contributed by atoms with Crippen molar-refractivity contribution in [2.24, 2.45) is 0 Å². The van der Waals surface area contributed by atoms with Crippen LogP contribution in [0.1, 0.15) is 22.0 Å². The summed E-state index contributed by atoms with van der Waals surface area (Å²) in [5, 5.41) is 0. The van der Waals surface area contributed by atoms with Crippen LogP contribution >= 0.6 is 0 Å². The van der Waals surface area contributed by atoms with Gasteiger partial charge in [0.1, 0.15) is 0 Å². The van der Waals surface area contributed by atoms with E-state index >= 15 is 0 Å². The maximum Gasteiger partial charge on any atom is 0.339 e. The first-order valence-corrected chi connectivity index (χ1v) is 10.7. The first-order valence-electron chi connectivity index (χ1n) is 8.79. The zero-order valence-electron chi connectivity index (χ0n) is 15.4. The molecule has 0 aliphatic carbocycles. The van der Waals surface area contributed by atoms with E-state index in [0.717, 1.165) is 6.26 Å². The van der Waals surface area contributed by atoms with Gasteiger partial charge in [0.25, 0.3) is 5.91 Å². The number of morpholine rings is 1. The second kappa shape index (κ2) is 8.53. The molecule has 1 atom stereocenters. The first kappa shape index (κ1) is 20.0. The number of ether oxygens (including phenoxy) is 2. The number of benzene rings is 2. The standard InChI is InChI=1S/C20H21NO6S/c1-28(24,25)17-9-7-16(8-10-17)20(23)27-18(15-5-3-2-4-6-15)19(22)21-11-13-26-14-12-21/h2-10,18H,11-14H2,1H3/t18-/m1/s1. The Bertz CT molecular complexity index is 934. The maximum absolute atomic E-state index is 13.0. The lowest BCUT2D eigenvalue weighted by molar-refractivity contribution is -0.145. The van der Waals surface area contributed by atoms with Crippen LogP contribution < -0.4 is 0 Å². The summed E-state index contributed by atoms with van der Waals surface area (Å²) >= 11 is 0. The van der Waals surface area contributed by atoms with Gasteiger partial charge in [0.15, 0.2) is 9.84 Å². The quantitative estimate of drug-likeness (QED) is 0.708. The molecule has 1 saturated heterocycles. The van der Waals surface area contributed by atoms with Gasteiger partial charge in [-0.05, 0) is 24.3 Å². The summed E-state index contributed by atoms with van der Waals surface area (Å²) in [7, 11) is -3.36. The van der Waals surface area contributed by atoms with Crippen molar-refractivity contribution < 1.29 is 27.5 Å². The molecule has 1 heterocycles. The highest BCUT2D eigenvalue weighted by molar-refractivity contribution is 7.90. The van der Waals surface area contributed by atoms with Crippen molar-refractivity contribution in [3.8, 4) is 0 Å². The highest BCUT2D eigenvalue weighted by Crippen LogP contribution is 2.23. The van der Waals surface area contributed by atoms with Gasteiger partial charge in [-0.2, -0.15) is 0 Å². The third-order valence-corrected chi connectivity index (χ3v) is 5.52. The zero-order valence-corrected chi connectivity index (χ0v) is 16.2. The molecular formula is C20H21NO6S. The molecule has 1 fully saturated rings. The van der Waals surface area contributed by atoms with E-state index < -0.39 is 21.9 Å². The predicted octanol–water partition coefficient (Wildman–Crippen LogP) is 1.85. The highest BCUT2D eigenvalue weighted by atomic mass is 32.2. The van der Waals surface area contributed by atoms with Crippen molar-refractivity contribution in [2.45, 2.75) is 11.0 Å². The molecule has 2 aromatic rings. The summed E-state index contributed by atoms with van der Waals surface area (Å²) in [5.41, 5.74) is 0.739. The number of rotatable bonds is 5. The molecule has 1 aliphatic rings. The van der Waals surface area contributed by atoms with Crippen LogP contribution in [0.2, 0.25) is 0 Å². The number of nitrogens with zero attached hydrogens (tertiary/aromatic N) is 1. The Labute approximate surface area is 163 Å². The highest BCUT2D eigenvalue weighted by Gasteiger charge is 2.30.